The van der Waals surface area contributed by atoms with E-state index in [0.29, 0.717) is 0 Å². The van der Waals surface area contributed by atoms with Crippen molar-refractivity contribution in [1.29, 1.82) is 0 Å². The third-order valence-corrected chi connectivity index (χ3v) is 5.12. The van der Waals surface area contributed by atoms with Crippen molar-refractivity contribution in [3.8, 4) is 0 Å². The Morgan fingerprint density at radius 3 is 2.83 bits per heavy atom. The number of rotatable bonds is 6. The third kappa shape index (κ3) is 4.90. The standard InChI is InChI=1S/C18H31N5/c1-3-6-23-16-18(12-19-23)15-22-7-4-5-17(14-22)13-21-10-8-20(2)9-11-21/h3,12,16-17H,1,4-11,13-15H2,2H3. The fraction of sp³-hybridized carbons (Fsp3) is 0.722. The maximum atomic E-state index is 4.40. The molecule has 2 saturated heterocycles. The highest BCUT2D eigenvalue weighted by atomic mass is 15.3. The first-order chi connectivity index (χ1) is 11.2. The molecule has 0 aliphatic carbocycles. The van der Waals surface area contributed by atoms with E-state index in [4.69, 9.17) is 0 Å². The molecule has 128 valence electrons. The van der Waals surface area contributed by atoms with Gasteiger partial charge in [-0.2, -0.15) is 5.10 Å². The summed E-state index contributed by atoms with van der Waals surface area (Å²) in [5, 5.41) is 4.40. The summed E-state index contributed by atoms with van der Waals surface area (Å²) < 4.78 is 1.97. The summed E-state index contributed by atoms with van der Waals surface area (Å²) in [6, 6.07) is 0. The molecule has 0 amide bonds. The molecule has 0 radical (unpaired) electrons. The lowest BCUT2D eigenvalue weighted by Crippen LogP contribution is -2.48. The maximum absolute atomic E-state index is 4.40. The molecule has 1 aromatic rings. The van der Waals surface area contributed by atoms with E-state index in [2.05, 4.69) is 39.6 Å². The minimum Gasteiger partial charge on any atom is -0.304 e. The summed E-state index contributed by atoms with van der Waals surface area (Å²) in [5.41, 5.74) is 1.33. The molecule has 1 unspecified atom stereocenters. The van der Waals surface area contributed by atoms with Crippen LogP contribution >= 0.6 is 0 Å². The largest absolute Gasteiger partial charge is 0.304 e. The zero-order chi connectivity index (χ0) is 16.1. The van der Waals surface area contributed by atoms with Gasteiger partial charge in [0.25, 0.3) is 0 Å². The summed E-state index contributed by atoms with van der Waals surface area (Å²) in [6.45, 7) is 14.3. The minimum atomic E-state index is 0.798. The van der Waals surface area contributed by atoms with Crippen LogP contribution in [-0.2, 0) is 13.1 Å². The Kier molecular flexibility index (Phi) is 5.86. The average Bonchev–Trinajstić information content (AvgIpc) is 2.98. The molecule has 1 atom stereocenters. The first-order valence-electron chi connectivity index (χ1n) is 8.98. The van der Waals surface area contributed by atoms with Gasteiger partial charge in [-0.3, -0.25) is 9.58 Å². The molecule has 5 nitrogen and oxygen atoms in total. The van der Waals surface area contributed by atoms with Crippen molar-refractivity contribution >= 4 is 0 Å². The Labute approximate surface area is 140 Å². The van der Waals surface area contributed by atoms with Crippen molar-refractivity contribution < 1.29 is 0 Å². The second-order valence-corrected chi connectivity index (χ2v) is 7.21. The van der Waals surface area contributed by atoms with E-state index in [1.165, 1.54) is 64.2 Å². The maximum Gasteiger partial charge on any atom is 0.0587 e. The second-order valence-electron chi connectivity index (χ2n) is 7.21. The van der Waals surface area contributed by atoms with E-state index in [0.717, 1.165) is 19.0 Å². The first-order valence-corrected chi connectivity index (χ1v) is 8.98. The molecular formula is C18H31N5. The molecule has 0 saturated carbocycles. The van der Waals surface area contributed by atoms with Crippen molar-refractivity contribution in [3.05, 3.63) is 30.6 Å². The molecular weight excluding hydrogens is 286 g/mol. The van der Waals surface area contributed by atoms with Crippen LogP contribution < -0.4 is 0 Å². The molecule has 2 fully saturated rings. The Balaban J connectivity index is 1.46. The topological polar surface area (TPSA) is 27.5 Å². The lowest BCUT2D eigenvalue weighted by atomic mass is 9.97. The first kappa shape index (κ1) is 16.7. The number of hydrogen-bond acceptors (Lipinski definition) is 4. The average molecular weight is 317 g/mol. The fourth-order valence-electron chi connectivity index (χ4n) is 3.82. The van der Waals surface area contributed by atoms with Crippen molar-refractivity contribution in [1.82, 2.24) is 24.5 Å². The minimum absolute atomic E-state index is 0.798. The number of piperidine rings is 1. The molecule has 23 heavy (non-hydrogen) atoms. The van der Waals surface area contributed by atoms with Gasteiger partial charge in [-0.05, 0) is 32.4 Å². The SMILES string of the molecule is C=CCn1cc(CN2CCCC(CN3CCN(C)CC3)C2)cn1. The number of aromatic nitrogens is 2. The van der Waals surface area contributed by atoms with Crippen LogP contribution in [0.15, 0.2) is 25.0 Å². The van der Waals surface area contributed by atoms with E-state index < -0.39 is 0 Å². The normalized spacial score (nSPS) is 24.8. The van der Waals surface area contributed by atoms with Crippen LogP contribution in [0.25, 0.3) is 0 Å². The highest BCUT2D eigenvalue weighted by molar-refractivity contribution is 5.04. The number of likely N-dealkylation sites (N-methyl/N-ethyl adjacent to an activating group) is 1. The summed E-state index contributed by atoms with van der Waals surface area (Å²) >= 11 is 0. The van der Waals surface area contributed by atoms with E-state index in [-0.39, 0.29) is 0 Å². The van der Waals surface area contributed by atoms with Gasteiger partial charge in [-0.25, -0.2) is 0 Å². The molecule has 0 N–H and O–H groups in total. The Morgan fingerprint density at radius 1 is 1.22 bits per heavy atom. The van der Waals surface area contributed by atoms with Crippen molar-refractivity contribution in [2.24, 2.45) is 5.92 Å². The van der Waals surface area contributed by atoms with Gasteiger partial charge in [0.05, 0.1) is 12.7 Å². The molecule has 5 heteroatoms. The van der Waals surface area contributed by atoms with E-state index in [1.807, 2.05) is 17.0 Å². The number of piperazine rings is 1. The zero-order valence-corrected chi connectivity index (χ0v) is 14.5. The lowest BCUT2D eigenvalue weighted by molar-refractivity contribution is 0.0966. The summed E-state index contributed by atoms with van der Waals surface area (Å²) in [5.74, 6) is 0.829. The predicted octanol–water partition coefficient (Wildman–Crippen LogP) is 1.53. The van der Waals surface area contributed by atoms with Crippen LogP contribution in [0.1, 0.15) is 18.4 Å². The number of hydrogen-bond donors (Lipinski definition) is 0. The van der Waals surface area contributed by atoms with Crippen molar-refractivity contribution in [2.45, 2.75) is 25.9 Å². The van der Waals surface area contributed by atoms with Crippen LogP contribution in [0.4, 0.5) is 0 Å². The lowest BCUT2D eigenvalue weighted by Gasteiger charge is -2.38. The number of likely N-dealkylation sites (tertiary alicyclic amines) is 1. The van der Waals surface area contributed by atoms with Gasteiger partial charge in [0.15, 0.2) is 0 Å². The fourth-order valence-corrected chi connectivity index (χ4v) is 3.82. The summed E-state index contributed by atoms with van der Waals surface area (Å²) in [6.07, 6.45) is 8.78. The van der Waals surface area contributed by atoms with Gasteiger partial charge in [0.1, 0.15) is 0 Å². The number of allylic oxidation sites excluding steroid dienone is 1. The van der Waals surface area contributed by atoms with Crippen LogP contribution in [0, 0.1) is 5.92 Å². The molecule has 0 bridgehead atoms. The Morgan fingerprint density at radius 2 is 2.04 bits per heavy atom. The Bertz CT molecular complexity index is 489. The summed E-state index contributed by atoms with van der Waals surface area (Å²) in [4.78, 5) is 7.71. The van der Waals surface area contributed by atoms with E-state index in [1.54, 1.807) is 0 Å². The Hall–Kier alpha value is -1.17. The van der Waals surface area contributed by atoms with Crippen molar-refractivity contribution in [3.63, 3.8) is 0 Å². The van der Waals surface area contributed by atoms with Crippen LogP contribution in [0.2, 0.25) is 0 Å². The zero-order valence-electron chi connectivity index (χ0n) is 14.5. The molecule has 0 spiro atoms. The predicted molar refractivity (Wildman–Crippen MR) is 94.4 cm³/mol. The highest BCUT2D eigenvalue weighted by Gasteiger charge is 2.23. The van der Waals surface area contributed by atoms with Gasteiger partial charge in [-0.1, -0.05) is 6.08 Å². The van der Waals surface area contributed by atoms with Gasteiger partial charge < -0.3 is 9.80 Å². The van der Waals surface area contributed by atoms with Gasteiger partial charge >= 0.3 is 0 Å². The molecule has 3 heterocycles. The van der Waals surface area contributed by atoms with Crippen LogP contribution in [0.3, 0.4) is 0 Å². The monoisotopic (exact) mass is 317 g/mol. The molecule has 0 aromatic carbocycles. The molecule has 1 aromatic heterocycles. The van der Waals surface area contributed by atoms with E-state index in [9.17, 15) is 0 Å². The van der Waals surface area contributed by atoms with Gasteiger partial charge in [0, 0.05) is 57.6 Å². The quantitative estimate of drug-likeness (QED) is 0.744. The second kappa shape index (κ2) is 8.08. The summed E-state index contributed by atoms with van der Waals surface area (Å²) in [7, 11) is 2.23. The molecule has 2 aliphatic rings. The smallest absolute Gasteiger partial charge is 0.0587 e. The van der Waals surface area contributed by atoms with Gasteiger partial charge in [-0.15, -0.1) is 6.58 Å². The third-order valence-electron chi connectivity index (χ3n) is 5.12. The van der Waals surface area contributed by atoms with E-state index >= 15 is 0 Å². The van der Waals surface area contributed by atoms with Crippen molar-refractivity contribution in [2.75, 3.05) is 52.9 Å². The molecule has 3 rings (SSSR count). The molecule has 2 aliphatic heterocycles. The van der Waals surface area contributed by atoms with Crippen LogP contribution in [0.5, 0.6) is 0 Å². The number of nitrogens with zero attached hydrogens (tertiary/aromatic N) is 5. The highest BCUT2D eigenvalue weighted by Crippen LogP contribution is 2.20. The van der Waals surface area contributed by atoms with Gasteiger partial charge in [0.2, 0.25) is 0 Å². The van der Waals surface area contributed by atoms with Crippen LogP contribution in [-0.4, -0.2) is 77.3 Å².